The second kappa shape index (κ2) is 10.5. The highest BCUT2D eigenvalue weighted by Gasteiger charge is 2.39. The number of hydrogen-bond donors (Lipinski definition) is 1. The molecule has 1 saturated heterocycles. The average Bonchev–Trinajstić information content (AvgIpc) is 3.11. The third-order valence-electron chi connectivity index (χ3n) is 6.93. The van der Waals surface area contributed by atoms with Gasteiger partial charge in [-0.05, 0) is 31.0 Å². The quantitative estimate of drug-likeness (QED) is 0.351. The minimum absolute atomic E-state index is 0.0775. The Balaban J connectivity index is 1.33. The van der Waals surface area contributed by atoms with Gasteiger partial charge in [0.1, 0.15) is 0 Å². The Hall–Kier alpha value is -3.04. The predicted molar refractivity (Wildman–Crippen MR) is 124 cm³/mol. The summed E-state index contributed by atoms with van der Waals surface area (Å²) in [5.74, 6) is -1.98. The van der Waals surface area contributed by atoms with Gasteiger partial charge >= 0.3 is 5.97 Å². The van der Waals surface area contributed by atoms with Gasteiger partial charge in [-0.15, -0.1) is 6.58 Å². The number of carbonyl (C=O) groups excluding carboxylic acids is 4. The second-order valence-corrected chi connectivity index (χ2v) is 9.01. The number of benzene rings is 1. The molecule has 0 atom stereocenters. The van der Waals surface area contributed by atoms with Crippen LogP contribution in [-0.4, -0.2) is 85.0 Å². The summed E-state index contributed by atoms with van der Waals surface area (Å²) in [6.45, 7) is 6.86. The Bertz CT molecular complexity index is 979. The molecule has 2 fully saturated rings. The lowest BCUT2D eigenvalue weighted by atomic mass is 9.79. The summed E-state index contributed by atoms with van der Waals surface area (Å²) in [4.78, 5) is 53.3. The number of hydrogen-bond acceptors (Lipinski definition) is 7. The van der Waals surface area contributed by atoms with Crippen LogP contribution in [0.1, 0.15) is 63.2 Å². The Morgan fingerprint density at radius 1 is 1.09 bits per heavy atom. The van der Waals surface area contributed by atoms with Crippen molar-refractivity contribution in [2.75, 3.05) is 46.0 Å². The van der Waals surface area contributed by atoms with E-state index >= 15 is 0 Å². The summed E-state index contributed by atoms with van der Waals surface area (Å²) in [7, 11) is 0. The van der Waals surface area contributed by atoms with Crippen molar-refractivity contribution >= 4 is 23.7 Å². The number of morpholine rings is 1. The number of carbonyl (C=O) groups is 4. The Morgan fingerprint density at radius 2 is 1.79 bits per heavy atom. The lowest BCUT2D eigenvalue weighted by Crippen LogP contribution is -2.59. The van der Waals surface area contributed by atoms with E-state index in [9.17, 15) is 19.2 Å². The minimum atomic E-state index is -0.721. The van der Waals surface area contributed by atoms with Crippen molar-refractivity contribution in [1.29, 1.82) is 0 Å². The zero-order valence-corrected chi connectivity index (χ0v) is 19.3. The molecule has 1 aromatic carbocycles. The van der Waals surface area contributed by atoms with Crippen LogP contribution in [0, 0.1) is 0 Å². The number of fused-ring (bicyclic) bond motifs is 1. The van der Waals surface area contributed by atoms with Gasteiger partial charge in [-0.25, -0.2) is 4.79 Å². The lowest BCUT2D eigenvalue weighted by Gasteiger charge is -2.48. The molecule has 0 spiro atoms. The van der Waals surface area contributed by atoms with Crippen LogP contribution in [0.2, 0.25) is 0 Å². The van der Waals surface area contributed by atoms with Crippen LogP contribution in [-0.2, 0) is 14.3 Å². The summed E-state index contributed by atoms with van der Waals surface area (Å²) in [5.41, 5.74) is 0.425. The first-order chi connectivity index (χ1) is 16.4. The van der Waals surface area contributed by atoms with Crippen LogP contribution in [0.3, 0.4) is 0 Å². The van der Waals surface area contributed by atoms with E-state index in [0.717, 1.165) is 43.7 Å². The number of amides is 3. The highest BCUT2D eigenvalue weighted by molar-refractivity contribution is 6.22. The summed E-state index contributed by atoms with van der Waals surface area (Å²) in [5, 5.41) is 2.96. The molecule has 1 aromatic rings. The van der Waals surface area contributed by atoms with Gasteiger partial charge in [-0.3, -0.25) is 24.2 Å². The van der Waals surface area contributed by atoms with E-state index in [1.54, 1.807) is 0 Å². The van der Waals surface area contributed by atoms with Gasteiger partial charge in [0.05, 0.1) is 29.9 Å². The maximum atomic E-state index is 12.5. The topological polar surface area (TPSA) is 105 Å². The molecule has 34 heavy (non-hydrogen) atoms. The highest BCUT2D eigenvalue weighted by atomic mass is 16.5. The van der Waals surface area contributed by atoms with E-state index in [4.69, 9.17) is 9.47 Å². The number of esters is 1. The first-order valence-electron chi connectivity index (χ1n) is 11.8. The van der Waals surface area contributed by atoms with E-state index in [0.29, 0.717) is 19.8 Å². The van der Waals surface area contributed by atoms with Crippen molar-refractivity contribution in [3.8, 4) is 0 Å². The first-order valence-corrected chi connectivity index (χ1v) is 11.8. The van der Waals surface area contributed by atoms with E-state index in [2.05, 4.69) is 16.8 Å². The SMILES string of the molecule is C=CCN1C(=O)c2ccc(C(=O)OCC(=O)NCC3(N4CCOCC4)CCCCC3)cc2C1=O. The number of ether oxygens (including phenoxy) is 2. The van der Waals surface area contributed by atoms with Crippen molar-refractivity contribution < 1.29 is 28.7 Å². The smallest absolute Gasteiger partial charge is 0.338 e. The van der Waals surface area contributed by atoms with Gasteiger partial charge in [0.15, 0.2) is 6.61 Å². The third kappa shape index (κ3) is 4.90. The average molecular weight is 470 g/mol. The van der Waals surface area contributed by atoms with Crippen molar-refractivity contribution in [2.45, 2.75) is 37.6 Å². The van der Waals surface area contributed by atoms with Gasteiger partial charge in [0, 0.05) is 31.7 Å². The molecule has 0 aromatic heterocycles. The molecule has 9 heteroatoms. The van der Waals surface area contributed by atoms with Crippen molar-refractivity contribution in [3.05, 3.63) is 47.5 Å². The monoisotopic (exact) mass is 469 g/mol. The minimum Gasteiger partial charge on any atom is -0.452 e. The van der Waals surface area contributed by atoms with E-state index in [1.165, 1.54) is 30.7 Å². The molecule has 3 amide bonds. The second-order valence-electron chi connectivity index (χ2n) is 9.01. The first kappa shape index (κ1) is 24.1. The Kier molecular flexibility index (Phi) is 7.43. The maximum absolute atomic E-state index is 12.5. The molecular formula is C25H31N3O6. The predicted octanol–water partition coefficient (Wildman–Crippen LogP) is 1.78. The van der Waals surface area contributed by atoms with Gasteiger partial charge < -0.3 is 14.8 Å². The molecule has 0 unspecified atom stereocenters. The Morgan fingerprint density at radius 3 is 2.50 bits per heavy atom. The number of nitrogens with one attached hydrogen (secondary N) is 1. The number of nitrogens with zero attached hydrogens (tertiary/aromatic N) is 2. The largest absolute Gasteiger partial charge is 0.452 e. The van der Waals surface area contributed by atoms with Crippen LogP contribution >= 0.6 is 0 Å². The molecule has 182 valence electrons. The van der Waals surface area contributed by atoms with E-state index < -0.39 is 24.4 Å². The summed E-state index contributed by atoms with van der Waals surface area (Å²) in [6.07, 6.45) is 6.98. The molecule has 1 N–H and O–H groups in total. The van der Waals surface area contributed by atoms with Crippen LogP contribution in [0.15, 0.2) is 30.9 Å². The van der Waals surface area contributed by atoms with Gasteiger partial charge in [-0.2, -0.15) is 0 Å². The zero-order chi connectivity index (χ0) is 24.1. The molecule has 1 saturated carbocycles. The highest BCUT2D eigenvalue weighted by Crippen LogP contribution is 2.34. The molecule has 3 aliphatic rings. The van der Waals surface area contributed by atoms with Gasteiger partial charge in [-0.1, -0.05) is 25.3 Å². The molecule has 4 rings (SSSR count). The normalized spacial score (nSPS) is 20.1. The summed E-state index contributed by atoms with van der Waals surface area (Å²) in [6, 6.07) is 4.20. The maximum Gasteiger partial charge on any atom is 0.338 e. The fraction of sp³-hybridized carbons (Fsp3) is 0.520. The molecule has 2 heterocycles. The van der Waals surface area contributed by atoms with E-state index in [1.807, 2.05) is 0 Å². The van der Waals surface area contributed by atoms with Crippen LogP contribution in [0.5, 0.6) is 0 Å². The van der Waals surface area contributed by atoms with Crippen LogP contribution in [0.4, 0.5) is 0 Å². The molecule has 1 aliphatic carbocycles. The van der Waals surface area contributed by atoms with Gasteiger partial charge in [0.2, 0.25) is 0 Å². The molecule has 2 aliphatic heterocycles. The van der Waals surface area contributed by atoms with Gasteiger partial charge in [0.25, 0.3) is 17.7 Å². The standard InChI is InChI=1S/C25H31N3O6/c1-2-10-28-22(30)19-7-6-18(15-20(19)23(28)31)24(32)34-16-21(29)26-17-25(8-4-3-5-9-25)27-11-13-33-14-12-27/h2,6-7,15H,1,3-5,8-14,16-17H2,(H,26,29). The fourth-order valence-electron chi connectivity index (χ4n) is 5.09. The number of rotatable bonds is 8. The third-order valence-corrected chi connectivity index (χ3v) is 6.93. The van der Waals surface area contributed by atoms with Crippen LogP contribution < -0.4 is 5.32 Å². The van der Waals surface area contributed by atoms with Crippen molar-refractivity contribution in [2.24, 2.45) is 0 Å². The van der Waals surface area contributed by atoms with E-state index in [-0.39, 0.29) is 34.7 Å². The van der Waals surface area contributed by atoms with Crippen LogP contribution in [0.25, 0.3) is 0 Å². The summed E-state index contributed by atoms with van der Waals surface area (Å²) < 4.78 is 10.7. The van der Waals surface area contributed by atoms with Crippen molar-refractivity contribution in [1.82, 2.24) is 15.1 Å². The fourth-order valence-corrected chi connectivity index (χ4v) is 5.09. The Labute approximate surface area is 199 Å². The molecule has 0 radical (unpaired) electrons. The molecule has 9 nitrogen and oxygen atoms in total. The molecular weight excluding hydrogens is 438 g/mol. The summed E-state index contributed by atoms with van der Waals surface area (Å²) >= 11 is 0. The molecule has 0 bridgehead atoms. The zero-order valence-electron chi connectivity index (χ0n) is 19.3. The lowest BCUT2D eigenvalue weighted by molar-refractivity contribution is -0.125. The van der Waals surface area contributed by atoms with Crippen molar-refractivity contribution in [3.63, 3.8) is 0 Å². The number of imide groups is 1.